The van der Waals surface area contributed by atoms with Crippen LogP contribution in [0.25, 0.3) is 0 Å². The molecule has 0 rings (SSSR count). The molecule has 0 spiro atoms. The fourth-order valence-corrected chi connectivity index (χ4v) is 1.26. The third-order valence-electron chi connectivity index (χ3n) is 0.829. The second kappa shape index (κ2) is 6.33. The lowest BCUT2D eigenvalue weighted by Crippen LogP contribution is -1.92. The fraction of sp³-hybridized carbons (Fsp3) is 1.00. The average molecular weight is 154 g/mol. The van der Waals surface area contributed by atoms with Gasteiger partial charge in [0, 0.05) is 6.42 Å². The summed E-state index contributed by atoms with van der Waals surface area (Å²) in [6.07, 6.45) is -0.993. The van der Waals surface area contributed by atoms with Gasteiger partial charge in [0.1, 0.15) is 0 Å². The Bertz CT molecular complexity index is 57.0. The van der Waals surface area contributed by atoms with Gasteiger partial charge in [-0.15, -0.1) is 0 Å². The summed E-state index contributed by atoms with van der Waals surface area (Å²) in [4.78, 5) is 0. The van der Waals surface area contributed by atoms with E-state index in [4.69, 9.17) is 0 Å². The molecule has 9 heavy (non-hydrogen) atoms. The van der Waals surface area contributed by atoms with E-state index in [0.29, 0.717) is 5.75 Å². The van der Waals surface area contributed by atoms with Gasteiger partial charge in [0.05, 0.1) is 0 Å². The van der Waals surface area contributed by atoms with Crippen molar-refractivity contribution >= 4 is 11.8 Å². The molecular weight excluding hydrogens is 142 g/mol. The molecule has 0 radical (unpaired) electrons. The Morgan fingerprint density at radius 2 is 2.00 bits per heavy atom. The first kappa shape index (κ1) is 9.21. The predicted octanol–water partition coefficient (Wildman–Crippen LogP) is 2.78. The summed E-state index contributed by atoms with van der Waals surface area (Å²) in [6, 6.07) is 0. The van der Waals surface area contributed by atoms with Crippen molar-refractivity contribution < 1.29 is 8.78 Å². The van der Waals surface area contributed by atoms with E-state index in [-0.39, 0.29) is 6.42 Å². The van der Waals surface area contributed by atoms with Gasteiger partial charge in [-0.1, -0.05) is 6.92 Å². The predicted molar refractivity (Wildman–Crippen MR) is 38.2 cm³/mol. The first-order chi connectivity index (χ1) is 4.27. The largest absolute Gasteiger partial charge is 0.239 e. The van der Waals surface area contributed by atoms with E-state index in [1.54, 1.807) is 11.8 Å². The number of hydrogen-bond donors (Lipinski definition) is 0. The molecule has 0 N–H and O–H groups in total. The third-order valence-corrected chi connectivity index (χ3v) is 2.05. The van der Waals surface area contributed by atoms with Crippen LogP contribution in [-0.2, 0) is 0 Å². The van der Waals surface area contributed by atoms with Crippen molar-refractivity contribution in [1.29, 1.82) is 0 Å². The Hall–Kier alpha value is 0.210. The second-order valence-corrected chi connectivity index (χ2v) is 3.02. The summed E-state index contributed by atoms with van der Waals surface area (Å²) in [5.74, 6) is 1.61. The molecule has 56 valence electrons. The molecule has 0 saturated heterocycles. The average Bonchev–Trinajstić information content (AvgIpc) is 1.80. The van der Waals surface area contributed by atoms with E-state index in [2.05, 4.69) is 6.92 Å². The standard InChI is InChI=1S/C6H12F2S/c1-2-4-9-5-3-6(7)8/h6H,2-5H2,1H3. The number of thioether (sulfide) groups is 1. The van der Waals surface area contributed by atoms with Crippen LogP contribution in [0.15, 0.2) is 0 Å². The molecule has 0 fully saturated rings. The Kier molecular flexibility index (Phi) is 6.48. The lowest BCUT2D eigenvalue weighted by Gasteiger charge is -1.96. The van der Waals surface area contributed by atoms with Crippen LogP contribution in [0.1, 0.15) is 19.8 Å². The van der Waals surface area contributed by atoms with Gasteiger partial charge in [0.15, 0.2) is 0 Å². The second-order valence-electron chi connectivity index (χ2n) is 1.79. The molecule has 0 aliphatic heterocycles. The van der Waals surface area contributed by atoms with E-state index in [1.165, 1.54) is 0 Å². The van der Waals surface area contributed by atoms with Crippen LogP contribution in [0.2, 0.25) is 0 Å². The van der Waals surface area contributed by atoms with Gasteiger partial charge in [0.25, 0.3) is 0 Å². The molecule has 0 aliphatic carbocycles. The highest BCUT2D eigenvalue weighted by molar-refractivity contribution is 7.99. The first-order valence-corrected chi connectivity index (χ1v) is 4.28. The summed E-state index contributed by atoms with van der Waals surface area (Å²) in [7, 11) is 0. The topological polar surface area (TPSA) is 0 Å². The SMILES string of the molecule is CCCSCCC(F)F. The molecule has 0 heterocycles. The van der Waals surface area contributed by atoms with Crippen LogP contribution in [0, 0.1) is 0 Å². The quantitative estimate of drug-likeness (QED) is 0.549. The molecule has 0 saturated carbocycles. The first-order valence-electron chi connectivity index (χ1n) is 3.13. The molecule has 0 amide bonds. The van der Waals surface area contributed by atoms with Crippen molar-refractivity contribution in [3.63, 3.8) is 0 Å². The zero-order chi connectivity index (χ0) is 7.11. The summed E-state index contributed by atoms with van der Waals surface area (Å²) >= 11 is 1.60. The van der Waals surface area contributed by atoms with Crippen LogP contribution in [0.3, 0.4) is 0 Å². The highest BCUT2D eigenvalue weighted by Crippen LogP contribution is 2.08. The highest BCUT2D eigenvalue weighted by atomic mass is 32.2. The number of hydrogen-bond acceptors (Lipinski definition) is 1. The van der Waals surface area contributed by atoms with Crippen molar-refractivity contribution in [2.75, 3.05) is 11.5 Å². The van der Waals surface area contributed by atoms with Gasteiger partial charge < -0.3 is 0 Å². The maximum Gasteiger partial charge on any atom is 0.239 e. The van der Waals surface area contributed by atoms with E-state index < -0.39 is 6.43 Å². The lowest BCUT2D eigenvalue weighted by molar-refractivity contribution is 0.145. The molecule has 0 nitrogen and oxygen atoms in total. The van der Waals surface area contributed by atoms with Gasteiger partial charge in [-0.25, -0.2) is 8.78 Å². The summed E-state index contributed by atoms with van der Waals surface area (Å²) < 4.78 is 22.9. The van der Waals surface area contributed by atoms with Crippen molar-refractivity contribution in [3.8, 4) is 0 Å². The van der Waals surface area contributed by atoms with Crippen molar-refractivity contribution in [2.45, 2.75) is 26.2 Å². The van der Waals surface area contributed by atoms with Gasteiger partial charge >= 0.3 is 0 Å². The zero-order valence-corrected chi connectivity index (χ0v) is 6.39. The molecule has 0 aliphatic rings. The molecule has 0 aromatic rings. The Balaban J connectivity index is 2.75. The van der Waals surface area contributed by atoms with E-state index in [9.17, 15) is 8.78 Å². The molecule has 0 bridgehead atoms. The van der Waals surface area contributed by atoms with Gasteiger partial charge in [-0.05, 0) is 17.9 Å². The van der Waals surface area contributed by atoms with Crippen LogP contribution < -0.4 is 0 Å². The van der Waals surface area contributed by atoms with E-state index >= 15 is 0 Å². The summed E-state index contributed by atoms with van der Waals surface area (Å²) in [5.41, 5.74) is 0. The minimum Gasteiger partial charge on any atom is -0.211 e. The third kappa shape index (κ3) is 8.21. The lowest BCUT2D eigenvalue weighted by atomic mass is 10.5. The maximum atomic E-state index is 11.4. The summed E-state index contributed by atoms with van der Waals surface area (Å²) in [6.45, 7) is 2.05. The van der Waals surface area contributed by atoms with Crippen molar-refractivity contribution in [2.24, 2.45) is 0 Å². The van der Waals surface area contributed by atoms with E-state index in [1.807, 2.05) is 0 Å². The number of halogens is 2. The maximum absolute atomic E-state index is 11.4. The number of alkyl halides is 2. The monoisotopic (exact) mass is 154 g/mol. The fourth-order valence-electron chi connectivity index (χ4n) is 0.419. The highest BCUT2D eigenvalue weighted by Gasteiger charge is 1.99. The summed E-state index contributed by atoms with van der Waals surface area (Å²) in [5, 5.41) is 0. The number of rotatable bonds is 5. The smallest absolute Gasteiger partial charge is 0.211 e. The van der Waals surface area contributed by atoms with Gasteiger partial charge in [-0.2, -0.15) is 11.8 Å². The Labute approximate surface area is 59.0 Å². The van der Waals surface area contributed by atoms with Gasteiger partial charge in [0.2, 0.25) is 6.43 Å². The van der Waals surface area contributed by atoms with E-state index in [0.717, 1.165) is 12.2 Å². The Morgan fingerprint density at radius 3 is 2.44 bits per heavy atom. The minimum atomic E-state index is -2.12. The normalized spacial score (nSPS) is 10.7. The molecule has 3 heteroatoms. The Morgan fingerprint density at radius 1 is 1.33 bits per heavy atom. The molecular formula is C6H12F2S. The minimum absolute atomic E-state index is 0.0463. The van der Waals surface area contributed by atoms with Crippen LogP contribution in [-0.4, -0.2) is 17.9 Å². The van der Waals surface area contributed by atoms with Gasteiger partial charge in [-0.3, -0.25) is 0 Å². The van der Waals surface area contributed by atoms with Crippen LogP contribution >= 0.6 is 11.8 Å². The molecule has 0 aromatic carbocycles. The molecule has 0 aromatic heterocycles. The molecule has 0 atom stereocenters. The molecule has 0 unspecified atom stereocenters. The van der Waals surface area contributed by atoms with Crippen LogP contribution in [0.4, 0.5) is 8.78 Å². The van der Waals surface area contributed by atoms with Crippen molar-refractivity contribution in [3.05, 3.63) is 0 Å². The van der Waals surface area contributed by atoms with Crippen molar-refractivity contribution in [1.82, 2.24) is 0 Å². The zero-order valence-electron chi connectivity index (χ0n) is 5.57. The van der Waals surface area contributed by atoms with Crippen LogP contribution in [0.5, 0.6) is 0 Å².